The quantitative estimate of drug-likeness (QED) is 0.768. The van der Waals surface area contributed by atoms with Crippen LogP contribution in [0.3, 0.4) is 0 Å². The van der Waals surface area contributed by atoms with Crippen molar-refractivity contribution in [3.63, 3.8) is 0 Å². The van der Waals surface area contributed by atoms with Gasteiger partial charge in [-0.3, -0.25) is 4.90 Å². The minimum absolute atomic E-state index is 0.0362. The van der Waals surface area contributed by atoms with Gasteiger partial charge in [-0.2, -0.15) is 0 Å². The fraction of sp³-hybridized carbons (Fsp3) is 1.00. The molecule has 4 nitrogen and oxygen atoms in total. The largest absolute Gasteiger partial charge is 0.390 e. The van der Waals surface area contributed by atoms with Crippen LogP contribution in [0, 0.1) is 5.92 Å². The number of aliphatic hydroxyl groups excluding tert-OH is 1. The first-order chi connectivity index (χ1) is 8.57. The Hall–Kier alpha value is -0.130. The van der Waals surface area contributed by atoms with E-state index < -0.39 is 15.9 Å². The van der Waals surface area contributed by atoms with Gasteiger partial charge in [0.25, 0.3) is 0 Å². The molecule has 0 aromatic rings. The van der Waals surface area contributed by atoms with Gasteiger partial charge in [-0.25, -0.2) is 8.42 Å². The van der Waals surface area contributed by atoms with Gasteiger partial charge < -0.3 is 5.11 Å². The molecule has 1 saturated carbocycles. The van der Waals surface area contributed by atoms with Crippen LogP contribution in [0.2, 0.25) is 0 Å². The molecule has 4 atom stereocenters. The average Bonchev–Trinajstić information content (AvgIpc) is 2.62. The van der Waals surface area contributed by atoms with Crippen LogP contribution in [-0.2, 0) is 9.84 Å². The summed E-state index contributed by atoms with van der Waals surface area (Å²) in [5, 5.41) is 10.0. The molecule has 104 valence electrons. The van der Waals surface area contributed by atoms with E-state index in [2.05, 4.69) is 4.90 Å². The summed E-state index contributed by atoms with van der Waals surface area (Å²) < 4.78 is 23.3. The van der Waals surface area contributed by atoms with Gasteiger partial charge in [-0.15, -0.1) is 0 Å². The molecule has 0 aromatic carbocycles. The number of fused-ring (bicyclic) bond motifs is 1. The van der Waals surface area contributed by atoms with Gasteiger partial charge in [-0.05, 0) is 38.1 Å². The van der Waals surface area contributed by atoms with Crippen molar-refractivity contribution in [2.75, 3.05) is 18.1 Å². The van der Waals surface area contributed by atoms with E-state index in [4.69, 9.17) is 0 Å². The zero-order valence-corrected chi connectivity index (χ0v) is 11.6. The number of nitrogens with zero attached hydrogens (tertiary/aromatic N) is 1. The predicted octanol–water partition coefficient (Wildman–Crippen LogP) is 0.799. The molecule has 0 amide bonds. The summed E-state index contributed by atoms with van der Waals surface area (Å²) >= 11 is 0. The second-order valence-electron chi connectivity index (χ2n) is 6.20. The smallest absolute Gasteiger partial charge is 0.154 e. The van der Waals surface area contributed by atoms with Crippen LogP contribution in [0.25, 0.3) is 0 Å². The second-order valence-corrected chi connectivity index (χ2v) is 8.36. The van der Waals surface area contributed by atoms with E-state index in [1.54, 1.807) is 0 Å². The molecule has 18 heavy (non-hydrogen) atoms. The van der Waals surface area contributed by atoms with Crippen LogP contribution in [0.1, 0.15) is 38.5 Å². The first-order valence-corrected chi connectivity index (χ1v) is 9.03. The molecular weight excluding hydrogens is 250 g/mol. The molecule has 3 aliphatic rings. The van der Waals surface area contributed by atoms with E-state index in [9.17, 15) is 13.5 Å². The van der Waals surface area contributed by atoms with Gasteiger partial charge >= 0.3 is 0 Å². The first kappa shape index (κ1) is 12.9. The first-order valence-electron chi connectivity index (χ1n) is 7.21. The van der Waals surface area contributed by atoms with Gasteiger partial charge in [0.05, 0.1) is 23.7 Å². The minimum atomic E-state index is -3.02. The zero-order chi connectivity index (χ0) is 12.8. The molecule has 2 saturated heterocycles. The maximum atomic E-state index is 11.7. The van der Waals surface area contributed by atoms with E-state index in [-0.39, 0.29) is 17.5 Å². The monoisotopic (exact) mass is 273 g/mol. The Morgan fingerprint density at radius 1 is 0.944 bits per heavy atom. The lowest BCUT2D eigenvalue weighted by molar-refractivity contribution is -0.00716. The summed E-state index contributed by atoms with van der Waals surface area (Å²) in [6.07, 6.45) is 6.83. The van der Waals surface area contributed by atoms with Crippen molar-refractivity contribution in [3.05, 3.63) is 0 Å². The summed E-state index contributed by atoms with van der Waals surface area (Å²) in [5.41, 5.74) is 0. The molecule has 0 bridgehead atoms. The van der Waals surface area contributed by atoms with E-state index >= 15 is 0 Å². The van der Waals surface area contributed by atoms with Crippen molar-refractivity contribution in [1.82, 2.24) is 4.90 Å². The van der Waals surface area contributed by atoms with Gasteiger partial charge in [0.2, 0.25) is 0 Å². The van der Waals surface area contributed by atoms with Gasteiger partial charge in [0, 0.05) is 6.04 Å². The Balaban J connectivity index is 1.78. The van der Waals surface area contributed by atoms with Crippen LogP contribution >= 0.6 is 0 Å². The van der Waals surface area contributed by atoms with Gasteiger partial charge in [0.1, 0.15) is 0 Å². The third kappa shape index (κ3) is 2.32. The van der Waals surface area contributed by atoms with Crippen LogP contribution in [-0.4, -0.2) is 54.7 Å². The van der Waals surface area contributed by atoms with E-state index in [0.717, 1.165) is 18.9 Å². The number of likely N-dealkylation sites (tertiary alicyclic amines) is 1. The van der Waals surface area contributed by atoms with Gasteiger partial charge in [0.15, 0.2) is 9.84 Å². The van der Waals surface area contributed by atoms with E-state index in [1.165, 1.54) is 32.1 Å². The number of piperidine rings is 1. The lowest BCUT2D eigenvalue weighted by atomic mass is 9.77. The summed E-state index contributed by atoms with van der Waals surface area (Å²) in [5.74, 6) is 0.867. The maximum absolute atomic E-state index is 11.7. The normalized spacial score (nSPS) is 44.7. The molecule has 3 rings (SSSR count). The molecule has 2 heterocycles. The summed E-state index contributed by atoms with van der Waals surface area (Å²) in [6.45, 7) is 0.971. The minimum Gasteiger partial charge on any atom is -0.390 e. The predicted molar refractivity (Wildman–Crippen MR) is 70.1 cm³/mol. The summed E-state index contributed by atoms with van der Waals surface area (Å²) in [6, 6.07) is 0.390. The standard InChI is InChI=1S/C13H23NO3S/c15-13-9-18(16,17)8-12(13)14-7-3-5-10-4-1-2-6-11(10)14/h10-13,15H,1-9H2/t10-,11-,12?,13?/m1/s1. The van der Waals surface area contributed by atoms with Crippen molar-refractivity contribution < 1.29 is 13.5 Å². The molecule has 0 aromatic heterocycles. The molecule has 1 N–H and O–H groups in total. The fourth-order valence-corrected chi connectivity index (χ4v) is 6.01. The van der Waals surface area contributed by atoms with E-state index in [1.807, 2.05) is 0 Å². The zero-order valence-electron chi connectivity index (χ0n) is 10.8. The molecule has 1 aliphatic carbocycles. The van der Waals surface area contributed by atoms with Crippen LogP contribution in [0.5, 0.6) is 0 Å². The summed E-state index contributed by atoms with van der Waals surface area (Å²) in [7, 11) is -3.02. The summed E-state index contributed by atoms with van der Waals surface area (Å²) in [4.78, 5) is 2.34. The third-order valence-electron chi connectivity index (χ3n) is 5.01. The average molecular weight is 273 g/mol. The molecule has 3 fully saturated rings. The Labute approximate surface area is 109 Å². The third-order valence-corrected chi connectivity index (χ3v) is 6.70. The molecule has 0 radical (unpaired) electrons. The molecule has 2 unspecified atom stereocenters. The lowest BCUT2D eigenvalue weighted by Gasteiger charge is -2.47. The van der Waals surface area contributed by atoms with Gasteiger partial charge in [-0.1, -0.05) is 12.8 Å². The SMILES string of the molecule is O=S1(=O)CC(O)C(N2CCC[C@H]3CCCC[C@H]32)C1. The Kier molecular flexibility index (Phi) is 3.41. The van der Waals surface area contributed by atoms with Crippen LogP contribution < -0.4 is 0 Å². The number of aliphatic hydroxyl groups is 1. The Morgan fingerprint density at radius 3 is 2.39 bits per heavy atom. The Bertz CT molecular complexity index is 406. The Morgan fingerprint density at radius 2 is 1.67 bits per heavy atom. The fourth-order valence-electron chi connectivity index (χ4n) is 4.20. The number of hydrogen-bond acceptors (Lipinski definition) is 4. The number of rotatable bonds is 1. The van der Waals surface area contributed by atoms with Crippen molar-refractivity contribution in [2.24, 2.45) is 5.92 Å². The van der Waals surface area contributed by atoms with Crippen LogP contribution in [0.4, 0.5) is 0 Å². The van der Waals surface area contributed by atoms with Crippen molar-refractivity contribution >= 4 is 9.84 Å². The highest BCUT2D eigenvalue weighted by Gasteiger charge is 2.45. The maximum Gasteiger partial charge on any atom is 0.154 e. The highest BCUT2D eigenvalue weighted by atomic mass is 32.2. The van der Waals surface area contributed by atoms with Crippen molar-refractivity contribution in [1.29, 1.82) is 0 Å². The molecule has 5 heteroatoms. The topological polar surface area (TPSA) is 57.6 Å². The molecular formula is C13H23NO3S. The van der Waals surface area contributed by atoms with Crippen molar-refractivity contribution in [3.8, 4) is 0 Å². The number of sulfone groups is 1. The number of hydrogen-bond donors (Lipinski definition) is 1. The lowest BCUT2D eigenvalue weighted by Crippen LogP contribution is -2.55. The second kappa shape index (κ2) is 4.76. The molecule has 0 spiro atoms. The van der Waals surface area contributed by atoms with E-state index in [0.29, 0.717) is 6.04 Å². The van der Waals surface area contributed by atoms with Crippen molar-refractivity contribution in [2.45, 2.75) is 56.7 Å². The molecule has 2 aliphatic heterocycles. The highest BCUT2D eigenvalue weighted by Crippen LogP contribution is 2.37. The highest BCUT2D eigenvalue weighted by molar-refractivity contribution is 7.91. The van der Waals surface area contributed by atoms with Crippen LogP contribution in [0.15, 0.2) is 0 Å².